The van der Waals surface area contributed by atoms with Gasteiger partial charge in [0.15, 0.2) is 0 Å². The van der Waals surface area contributed by atoms with E-state index in [1.165, 1.54) is 0 Å². The highest BCUT2D eigenvalue weighted by atomic mass is 79.9. The molecule has 1 aromatic rings. The van der Waals surface area contributed by atoms with Gasteiger partial charge in [0.1, 0.15) is 10.4 Å². The van der Waals surface area contributed by atoms with Crippen molar-refractivity contribution in [2.45, 2.75) is 19.2 Å². The number of alkyl halides is 5. The SMILES string of the molecule is N#CCc1c(Br)ncc(C(F)F)c1OC(F)(F)F. The molecule has 0 N–H and O–H groups in total. The molecule has 1 heterocycles. The second kappa shape index (κ2) is 5.48. The molecule has 0 spiro atoms. The third-order valence-electron chi connectivity index (χ3n) is 1.81. The monoisotopic (exact) mass is 330 g/mol. The highest BCUT2D eigenvalue weighted by Gasteiger charge is 2.35. The highest BCUT2D eigenvalue weighted by Crippen LogP contribution is 2.38. The zero-order valence-electron chi connectivity index (χ0n) is 8.43. The summed E-state index contributed by atoms with van der Waals surface area (Å²) in [5, 5.41) is 8.47. The van der Waals surface area contributed by atoms with E-state index >= 15 is 0 Å². The molecule has 0 saturated heterocycles. The van der Waals surface area contributed by atoms with Gasteiger partial charge in [-0.15, -0.1) is 13.2 Å². The van der Waals surface area contributed by atoms with Crippen LogP contribution in [0.2, 0.25) is 0 Å². The van der Waals surface area contributed by atoms with Gasteiger partial charge in [0.2, 0.25) is 0 Å². The largest absolute Gasteiger partial charge is 0.573 e. The van der Waals surface area contributed by atoms with E-state index in [0.717, 1.165) is 0 Å². The van der Waals surface area contributed by atoms with Gasteiger partial charge in [-0.2, -0.15) is 5.26 Å². The molecule has 3 nitrogen and oxygen atoms in total. The highest BCUT2D eigenvalue weighted by molar-refractivity contribution is 9.10. The van der Waals surface area contributed by atoms with E-state index in [4.69, 9.17) is 5.26 Å². The van der Waals surface area contributed by atoms with Crippen molar-refractivity contribution in [3.05, 3.63) is 21.9 Å². The fourth-order valence-corrected chi connectivity index (χ4v) is 1.58. The van der Waals surface area contributed by atoms with Gasteiger partial charge < -0.3 is 4.74 Å². The van der Waals surface area contributed by atoms with Gasteiger partial charge in [-0.1, -0.05) is 0 Å². The van der Waals surface area contributed by atoms with Crippen molar-refractivity contribution in [3.8, 4) is 11.8 Å². The Morgan fingerprint density at radius 2 is 2.06 bits per heavy atom. The van der Waals surface area contributed by atoms with Crippen molar-refractivity contribution in [2.75, 3.05) is 0 Å². The van der Waals surface area contributed by atoms with Crippen molar-refractivity contribution < 1.29 is 26.7 Å². The van der Waals surface area contributed by atoms with Crippen LogP contribution in [0.4, 0.5) is 22.0 Å². The standard InChI is InChI=1S/C9H4BrF5N2O/c10-7-4(1-2-16)6(18-9(13,14)15)5(3-17-7)8(11)12/h3,8H,1H2. The van der Waals surface area contributed by atoms with Gasteiger partial charge in [0, 0.05) is 11.8 Å². The van der Waals surface area contributed by atoms with E-state index in [1.54, 1.807) is 6.07 Å². The third kappa shape index (κ3) is 3.53. The quantitative estimate of drug-likeness (QED) is 0.626. The molecular formula is C9H4BrF5N2O. The predicted octanol–water partition coefficient (Wildman–Crippen LogP) is 3.75. The lowest BCUT2D eigenvalue weighted by Crippen LogP contribution is -2.20. The summed E-state index contributed by atoms with van der Waals surface area (Å²) in [6.07, 6.45) is -8.30. The molecule has 0 radical (unpaired) electrons. The number of hydrogen-bond acceptors (Lipinski definition) is 3. The number of rotatable bonds is 3. The predicted molar refractivity (Wildman–Crippen MR) is 52.9 cm³/mol. The van der Waals surface area contributed by atoms with Gasteiger partial charge in [-0.3, -0.25) is 0 Å². The molecule has 0 unspecified atom stereocenters. The van der Waals surface area contributed by atoms with Gasteiger partial charge in [0.05, 0.1) is 18.1 Å². The van der Waals surface area contributed by atoms with E-state index in [9.17, 15) is 22.0 Å². The molecule has 0 aromatic carbocycles. The summed E-state index contributed by atoms with van der Waals surface area (Å²) in [6, 6.07) is 1.55. The van der Waals surface area contributed by atoms with Crippen LogP contribution in [0.15, 0.2) is 10.8 Å². The summed E-state index contributed by atoms with van der Waals surface area (Å²) >= 11 is 2.78. The van der Waals surface area contributed by atoms with Gasteiger partial charge in [-0.05, 0) is 15.9 Å². The molecule has 0 aliphatic rings. The van der Waals surface area contributed by atoms with Gasteiger partial charge >= 0.3 is 6.36 Å². The second-order valence-electron chi connectivity index (χ2n) is 3.00. The Labute approximate surface area is 106 Å². The molecule has 0 aliphatic heterocycles. The fourth-order valence-electron chi connectivity index (χ4n) is 1.15. The lowest BCUT2D eigenvalue weighted by Gasteiger charge is -2.16. The molecule has 0 saturated carbocycles. The summed E-state index contributed by atoms with van der Waals surface area (Å²) in [5.74, 6) is -1.08. The summed E-state index contributed by atoms with van der Waals surface area (Å²) in [6.45, 7) is 0. The molecular weight excluding hydrogens is 327 g/mol. The Morgan fingerprint density at radius 1 is 1.44 bits per heavy atom. The van der Waals surface area contributed by atoms with Crippen LogP contribution in [0.25, 0.3) is 0 Å². The summed E-state index contributed by atoms with van der Waals surface area (Å²) in [5.41, 5.74) is -1.38. The molecule has 0 fully saturated rings. The fraction of sp³-hybridized carbons (Fsp3) is 0.333. The topological polar surface area (TPSA) is 45.9 Å². The molecule has 0 atom stereocenters. The number of pyridine rings is 1. The lowest BCUT2D eigenvalue weighted by atomic mass is 10.1. The molecule has 1 rings (SSSR count). The normalized spacial score (nSPS) is 11.4. The lowest BCUT2D eigenvalue weighted by molar-refractivity contribution is -0.275. The van der Waals surface area contributed by atoms with Crippen molar-refractivity contribution in [3.63, 3.8) is 0 Å². The number of aromatic nitrogens is 1. The van der Waals surface area contributed by atoms with Crippen LogP contribution >= 0.6 is 15.9 Å². The van der Waals surface area contributed by atoms with Crippen LogP contribution in [0, 0.1) is 11.3 Å². The van der Waals surface area contributed by atoms with Crippen LogP contribution < -0.4 is 4.74 Å². The van der Waals surface area contributed by atoms with Crippen LogP contribution in [-0.2, 0) is 6.42 Å². The zero-order valence-corrected chi connectivity index (χ0v) is 10.0. The molecule has 98 valence electrons. The van der Waals surface area contributed by atoms with Crippen LogP contribution in [0.1, 0.15) is 17.6 Å². The van der Waals surface area contributed by atoms with E-state index in [-0.39, 0.29) is 10.2 Å². The van der Waals surface area contributed by atoms with Crippen LogP contribution in [0.3, 0.4) is 0 Å². The minimum absolute atomic E-state index is 0.146. The van der Waals surface area contributed by atoms with Crippen LogP contribution in [-0.4, -0.2) is 11.3 Å². The molecule has 0 aliphatic carbocycles. The van der Waals surface area contributed by atoms with E-state index in [0.29, 0.717) is 6.20 Å². The minimum Gasteiger partial charge on any atom is -0.405 e. The van der Waals surface area contributed by atoms with E-state index in [1.807, 2.05) is 0 Å². The number of nitrogens with zero attached hydrogens (tertiary/aromatic N) is 2. The molecule has 9 heteroatoms. The Bertz CT molecular complexity index is 483. The number of halogens is 6. The number of ether oxygens (including phenoxy) is 1. The molecule has 0 amide bonds. The average Bonchev–Trinajstić information content (AvgIpc) is 2.21. The van der Waals surface area contributed by atoms with Gasteiger partial charge in [-0.25, -0.2) is 13.8 Å². The molecule has 0 bridgehead atoms. The smallest absolute Gasteiger partial charge is 0.405 e. The zero-order chi connectivity index (χ0) is 13.9. The maximum absolute atomic E-state index is 12.6. The summed E-state index contributed by atoms with van der Waals surface area (Å²) < 4.78 is 65.0. The number of hydrogen-bond donors (Lipinski definition) is 0. The summed E-state index contributed by atoms with van der Waals surface area (Å²) in [4.78, 5) is 3.45. The van der Waals surface area contributed by atoms with Crippen molar-refractivity contribution in [2.24, 2.45) is 0 Å². The first-order chi connectivity index (χ1) is 8.26. The third-order valence-corrected chi connectivity index (χ3v) is 2.49. The second-order valence-corrected chi connectivity index (χ2v) is 3.75. The first-order valence-electron chi connectivity index (χ1n) is 4.34. The van der Waals surface area contributed by atoms with E-state index < -0.39 is 30.5 Å². The Balaban J connectivity index is 3.39. The first-order valence-corrected chi connectivity index (χ1v) is 5.13. The maximum atomic E-state index is 12.6. The molecule has 1 aromatic heterocycles. The Kier molecular flexibility index (Phi) is 4.45. The first kappa shape index (κ1) is 14.6. The number of nitriles is 1. The van der Waals surface area contributed by atoms with Crippen molar-refractivity contribution in [1.29, 1.82) is 5.26 Å². The van der Waals surface area contributed by atoms with Gasteiger partial charge in [0.25, 0.3) is 6.43 Å². The maximum Gasteiger partial charge on any atom is 0.573 e. The average molecular weight is 331 g/mol. The van der Waals surface area contributed by atoms with Crippen molar-refractivity contribution in [1.82, 2.24) is 4.98 Å². The Morgan fingerprint density at radius 3 is 2.50 bits per heavy atom. The summed E-state index contributed by atoms with van der Waals surface area (Å²) in [7, 11) is 0. The Hall–Kier alpha value is -1.43. The van der Waals surface area contributed by atoms with E-state index in [2.05, 4.69) is 25.7 Å². The minimum atomic E-state index is -5.13. The van der Waals surface area contributed by atoms with Crippen molar-refractivity contribution >= 4 is 15.9 Å². The molecule has 18 heavy (non-hydrogen) atoms. The van der Waals surface area contributed by atoms with Crippen LogP contribution in [0.5, 0.6) is 5.75 Å².